The van der Waals surface area contributed by atoms with E-state index < -0.39 is 0 Å². The van der Waals surface area contributed by atoms with Gasteiger partial charge >= 0.3 is 0 Å². The zero-order chi connectivity index (χ0) is 9.10. The second-order valence-corrected chi connectivity index (χ2v) is 5.34. The summed E-state index contributed by atoms with van der Waals surface area (Å²) in [5, 5.41) is 5.15. The summed E-state index contributed by atoms with van der Waals surface area (Å²) in [5.41, 5.74) is 5.59. The van der Waals surface area contributed by atoms with Crippen molar-refractivity contribution >= 4 is 33.2 Å². The zero-order valence-corrected chi connectivity index (χ0v) is 8.96. The van der Waals surface area contributed by atoms with Gasteiger partial charge in [-0.1, -0.05) is 11.3 Å². The predicted molar refractivity (Wildman–Crippen MR) is 60.5 cm³/mol. The minimum Gasteiger partial charge on any atom is -0.389 e. The first kappa shape index (κ1) is 9.15. The predicted octanol–water partition coefficient (Wildman–Crippen LogP) is 2.03. The average molecular weight is 215 g/mol. The SMILES string of the molecule is Nc1cnc(NC2CCCSC2)s1. The van der Waals surface area contributed by atoms with Crippen LogP contribution in [0.3, 0.4) is 0 Å². The molecule has 5 heteroatoms. The fourth-order valence-electron chi connectivity index (χ4n) is 1.38. The molecule has 2 rings (SSSR count). The number of nitrogens with two attached hydrogens (primary N) is 1. The van der Waals surface area contributed by atoms with Crippen LogP contribution in [0.15, 0.2) is 6.20 Å². The number of anilines is 2. The third-order valence-corrected chi connectivity index (χ3v) is 3.98. The van der Waals surface area contributed by atoms with E-state index in [0.29, 0.717) is 6.04 Å². The Kier molecular flexibility index (Phi) is 2.95. The van der Waals surface area contributed by atoms with E-state index >= 15 is 0 Å². The van der Waals surface area contributed by atoms with E-state index in [9.17, 15) is 0 Å². The molecule has 72 valence electrons. The Balaban J connectivity index is 1.89. The Hall–Kier alpha value is -0.420. The summed E-state index contributed by atoms with van der Waals surface area (Å²) in [6.07, 6.45) is 4.28. The first-order valence-corrected chi connectivity index (χ1v) is 6.37. The fourth-order valence-corrected chi connectivity index (χ4v) is 3.11. The van der Waals surface area contributed by atoms with Crippen molar-refractivity contribution in [1.29, 1.82) is 0 Å². The quantitative estimate of drug-likeness (QED) is 0.792. The third kappa shape index (κ3) is 2.51. The van der Waals surface area contributed by atoms with Gasteiger partial charge in [0.25, 0.3) is 0 Å². The van der Waals surface area contributed by atoms with Crippen molar-refractivity contribution in [1.82, 2.24) is 4.98 Å². The number of nitrogens with zero attached hydrogens (tertiary/aromatic N) is 1. The van der Waals surface area contributed by atoms with E-state index in [4.69, 9.17) is 5.73 Å². The van der Waals surface area contributed by atoms with Crippen molar-refractivity contribution in [2.45, 2.75) is 18.9 Å². The normalized spacial score (nSPS) is 22.9. The minimum absolute atomic E-state index is 0.587. The Morgan fingerprint density at radius 2 is 2.54 bits per heavy atom. The first-order valence-electron chi connectivity index (χ1n) is 4.40. The van der Waals surface area contributed by atoms with E-state index in [1.54, 1.807) is 6.20 Å². The van der Waals surface area contributed by atoms with Crippen LogP contribution in [-0.4, -0.2) is 22.5 Å². The molecule has 1 aromatic heterocycles. The molecule has 0 saturated carbocycles. The van der Waals surface area contributed by atoms with E-state index in [-0.39, 0.29) is 0 Å². The van der Waals surface area contributed by atoms with Crippen molar-refractivity contribution in [2.24, 2.45) is 0 Å². The molecule has 1 aliphatic rings. The van der Waals surface area contributed by atoms with Crippen LogP contribution < -0.4 is 11.1 Å². The Morgan fingerprint density at radius 1 is 1.62 bits per heavy atom. The second-order valence-electron chi connectivity index (χ2n) is 3.13. The molecule has 1 aromatic rings. The topological polar surface area (TPSA) is 50.9 Å². The highest BCUT2D eigenvalue weighted by Crippen LogP contribution is 2.24. The lowest BCUT2D eigenvalue weighted by molar-refractivity contribution is 0.684. The lowest BCUT2D eigenvalue weighted by Gasteiger charge is -2.21. The molecule has 0 spiro atoms. The van der Waals surface area contributed by atoms with Gasteiger partial charge in [0, 0.05) is 11.8 Å². The summed E-state index contributed by atoms with van der Waals surface area (Å²) in [7, 11) is 0. The third-order valence-electron chi connectivity index (χ3n) is 2.01. The molecule has 0 aliphatic carbocycles. The van der Waals surface area contributed by atoms with Crippen molar-refractivity contribution < 1.29 is 0 Å². The molecule has 0 amide bonds. The van der Waals surface area contributed by atoms with Crippen LogP contribution in [-0.2, 0) is 0 Å². The number of nitrogen functional groups attached to an aromatic ring is 1. The van der Waals surface area contributed by atoms with E-state index in [1.165, 1.54) is 35.7 Å². The van der Waals surface area contributed by atoms with Crippen molar-refractivity contribution in [2.75, 3.05) is 22.6 Å². The molecule has 3 nitrogen and oxygen atoms in total. The van der Waals surface area contributed by atoms with Gasteiger partial charge in [0.2, 0.25) is 0 Å². The van der Waals surface area contributed by atoms with Crippen molar-refractivity contribution in [3.05, 3.63) is 6.20 Å². The van der Waals surface area contributed by atoms with Gasteiger partial charge in [0.1, 0.15) is 5.00 Å². The van der Waals surface area contributed by atoms with Crippen LogP contribution in [0, 0.1) is 0 Å². The summed E-state index contributed by atoms with van der Waals surface area (Å²) in [5.74, 6) is 2.50. The molecule has 13 heavy (non-hydrogen) atoms. The van der Waals surface area contributed by atoms with Gasteiger partial charge in [-0.05, 0) is 18.6 Å². The molecular weight excluding hydrogens is 202 g/mol. The average Bonchev–Trinajstić information content (AvgIpc) is 2.53. The van der Waals surface area contributed by atoms with Crippen LogP contribution in [0.25, 0.3) is 0 Å². The largest absolute Gasteiger partial charge is 0.389 e. The number of aromatic nitrogens is 1. The second kappa shape index (κ2) is 4.19. The summed E-state index contributed by atoms with van der Waals surface area (Å²) >= 11 is 3.54. The Bertz CT molecular complexity index is 268. The molecule has 2 heterocycles. The van der Waals surface area contributed by atoms with Gasteiger partial charge in [-0.15, -0.1) is 0 Å². The van der Waals surface area contributed by atoms with Crippen LogP contribution in [0.2, 0.25) is 0 Å². The van der Waals surface area contributed by atoms with Gasteiger partial charge in [-0.2, -0.15) is 11.8 Å². The lowest BCUT2D eigenvalue weighted by atomic mass is 10.2. The summed E-state index contributed by atoms with van der Waals surface area (Å²) < 4.78 is 0. The highest BCUT2D eigenvalue weighted by atomic mass is 32.2. The molecule has 0 aromatic carbocycles. The van der Waals surface area contributed by atoms with Gasteiger partial charge in [-0.25, -0.2) is 4.98 Å². The summed E-state index contributed by atoms with van der Waals surface area (Å²) in [4.78, 5) is 4.18. The van der Waals surface area contributed by atoms with Crippen molar-refractivity contribution in [3.8, 4) is 0 Å². The van der Waals surface area contributed by atoms with Crippen molar-refractivity contribution in [3.63, 3.8) is 0 Å². The van der Waals surface area contributed by atoms with Gasteiger partial charge < -0.3 is 11.1 Å². The molecular formula is C8H13N3S2. The van der Waals surface area contributed by atoms with Crippen LogP contribution >= 0.6 is 23.1 Å². The van der Waals surface area contributed by atoms with Crippen LogP contribution in [0.5, 0.6) is 0 Å². The molecule has 1 saturated heterocycles. The number of thioether (sulfide) groups is 1. The van der Waals surface area contributed by atoms with E-state index in [0.717, 1.165) is 10.1 Å². The maximum absolute atomic E-state index is 5.59. The highest BCUT2D eigenvalue weighted by molar-refractivity contribution is 7.99. The Morgan fingerprint density at radius 3 is 3.15 bits per heavy atom. The zero-order valence-electron chi connectivity index (χ0n) is 7.32. The highest BCUT2D eigenvalue weighted by Gasteiger charge is 2.14. The molecule has 1 fully saturated rings. The monoisotopic (exact) mass is 215 g/mol. The molecule has 3 N–H and O–H groups in total. The maximum atomic E-state index is 5.59. The number of hydrogen-bond donors (Lipinski definition) is 2. The lowest BCUT2D eigenvalue weighted by Crippen LogP contribution is -2.25. The molecule has 0 radical (unpaired) electrons. The number of rotatable bonds is 2. The fraction of sp³-hybridized carbons (Fsp3) is 0.625. The van der Waals surface area contributed by atoms with Crippen LogP contribution in [0.1, 0.15) is 12.8 Å². The number of thiazole rings is 1. The molecule has 1 atom stereocenters. The summed E-state index contributed by atoms with van der Waals surface area (Å²) in [6.45, 7) is 0. The molecule has 0 bridgehead atoms. The van der Waals surface area contributed by atoms with E-state index in [2.05, 4.69) is 10.3 Å². The van der Waals surface area contributed by atoms with Gasteiger partial charge in [0.15, 0.2) is 5.13 Å². The minimum atomic E-state index is 0.587. The first-order chi connectivity index (χ1) is 6.34. The standard InChI is InChI=1S/C8H13N3S2/c9-7-4-10-8(13-7)11-6-2-1-3-12-5-6/h4,6H,1-3,5,9H2,(H,10,11). The smallest absolute Gasteiger partial charge is 0.184 e. The van der Waals surface area contributed by atoms with E-state index in [1.807, 2.05) is 11.8 Å². The van der Waals surface area contributed by atoms with Gasteiger partial charge in [-0.3, -0.25) is 0 Å². The molecule has 1 aliphatic heterocycles. The summed E-state index contributed by atoms with van der Waals surface area (Å²) in [6, 6.07) is 0.587. The van der Waals surface area contributed by atoms with Gasteiger partial charge in [0.05, 0.1) is 6.20 Å². The maximum Gasteiger partial charge on any atom is 0.184 e. The molecule has 1 unspecified atom stereocenters. The Labute approximate surface area is 86.1 Å². The number of nitrogens with one attached hydrogen (secondary N) is 1. The number of hydrogen-bond acceptors (Lipinski definition) is 5. The van der Waals surface area contributed by atoms with Crippen LogP contribution in [0.4, 0.5) is 10.1 Å².